The van der Waals surface area contributed by atoms with Gasteiger partial charge in [0.15, 0.2) is 0 Å². The molecule has 0 aliphatic heterocycles. The van der Waals surface area contributed by atoms with Gasteiger partial charge in [0.1, 0.15) is 0 Å². The Bertz CT molecular complexity index is 582. The molecule has 0 saturated heterocycles. The number of amidine groups is 1. The van der Waals surface area contributed by atoms with Crippen LogP contribution < -0.4 is 4.90 Å². The van der Waals surface area contributed by atoms with E-state index in [2.05, 4.69) is 21.0 Å². The van der Waals surface area contributed by atoms with Crippen LogP contribution in [0.15, 0.2) is 65.7 Å². The third-order valence-corrected chi connectivity index (χ3v) is 3.41. The first-order valence-electron chi connectivity index (χ1n) is 5.82. The van der Waals surface area contributed by atoms with Crippen molar-refractivity contribution in [3.63, 3.8) is 0 Å². The van der Waals surface area contributed by atoms with Crippen molar-refractivity contribution in [1.29, 1.82) is 0 Å². The molecule has 0 saturated carbocycles. The maximum absolute atomic E-state index is 12.0. The van der Waals surface area contributed by atoms with Crippen molar-refractivity contribution in [3.05, 3.63) is 66.2 Å². The Morgan fingerprint density at radius 3 is 2.11 bits per heavy atom. The van der Waals surface area contributed by atoms with Gasteiger partial charge in [0.25, 0.3) is 0 Å². The fourth-order valence-corrected chi connectivity index (χ4v) is 1.96. The van der Waals surface area contributed by atoms with Gasteiger partial charge in [0.05, 0.1) is 0 Å². The molecule has 19 heavy (non-hydrogen) atoms. The molecule has 0 bridgehead atoms. The van der Waals surface area contributed by atoms with Crippen LogP contribution in [0.4, 0.5) is 5.69 Å². The molecule has 2 aromatic carbocycles. The van der Waals surface area contributed by atoms with Gasteiger partial charge in [-0.05, 0) is 0 Å². The molecule has 0 unspecified atom stereocenters. The van der Waals surface area contributed by atoms with Crippen LogP contribution in [0.2, 0.25) is 0 Å². The molecule has 0 heterocycles. The van der Waals surface area contributed by atoms with Crippen LogP contribution in [-0.4, -0.2) is 33.7 Å². The fraction of sp³-hybridized carbons (Fsp3) is 0.0667. The van der Waals surface area contributed by atoms with Gasteiger partial charge in [0.2, 0.25) is 0 Å². The van der Waals surface area contributed by atoms with Crippen LogP contribution in [0.3, 0.4) is 0 Å². The summed E-state index contributed by atoms with van der Waals surface area (Å²) in [6.45, 7) is 0. The van der Waals surface area contributed by atoms with Gasteiger partial charge < -0.3 is 0 Å². The van der Waals surface area contributed by atoms with E-state index in [0.717, 1.165) is 5.69 Å². The van der Waals surface area contributed by atoms with Crippen LogP contribution in [-0.2, 0) is 0 Å². The van der Waals surface area contributed by atoms with Crippen LogP contribution in [0.25, 0.3) is 0 Å². The number of anilines is 1. The Kier molecular flexibility index (Phi) is 4.50. The van der Waals surface area contributed by atoms with Crippen molar-refractivity contribution in [2.45, 2.75) is 0 Å². The summed E-state index contributed by atoms with van der Waals surface area (Å²) in [5, 5.41) is 0. The van der Waals surface area contributed by atoms with Gasteiger partial charge in [-0.25, -0.2) is 0 Å². The van der Waals surface area contributed by atoms with Crippen LogP contribution in [0.5, 0.6) is 0 Å². The predicted octanol–water partition coefficient (Wildman–Crippen LogP) is 2.49. The molecule has 0 fully saturated rings. The number of rotatable bonds is 2. The van der Waals surface area contributed by atoms with E-state index in [0.29, 0.717) is 10.3 Å². The zero-order valence-electron chi connectivity index (χ0n) is 10.5. The van der Waals surface area contributed by atoms with E-state index in [1.807, 2.05) is 60.5 Å². The second kappa shape index (κ2) is 6.32. The average molecular weight is 316 g/mol. The number of carbonyl (C=O) groups excluding carboxylic acids is 1. The molecule has 0 N–H and O–H groups in total. The topological polar surface area (TPSA) is 32.7 Å². The number of hydrogen-bond acceptors (Lipinski definition) is 1. The SMILES string of the molecule is CN(C([Se])=NC(=O)c1ccccc1)c1ccccc1. The van der Waals surface area contributed by atoms with Gasteiger partial charge in [-0.3, -0.25) is 0 Å². The van der Waals surface area contributed by atoms with E-state index >= 15 is 0 Å². The van der Waals surface area contributed by atoms with Gasteiger partial charge in [-0.1, -0.05) is 0 Å². The van der Waals surface area contributed by atoms with Crippen molar-refractivity contribution in [3.8, 4) is 0 Å². The monoisotopic (exact) mass is 317 g/mol. The third kappa shape index (κ3) is 3.53. The molecule has 0 atom stereocenters. The number of hydrogen-bond donors (Lipinski definition) is 0. The molecule has 0 aliphatic rings. The molecule has 3 nitrogen and oxygen atoms in total. The Hall–Kier alpha value is -1.90. The zero-order valence-corrected chi connectivity index (χ0v) is 12.2. The third-order valence-electron chi connectivity index (χ3n) is 2.65. The first kappa shape index (κ1) is 13.5. The molecule has 0 spiro atoms. The summed E-state index contributed by atoms with van der Waals surface area (Å²) in [7, 11) is 1.86. The average Bonchev–Trinajstić information content (AvgIpc) is 2.48. The van der Waals surface area contributed by atoms with Crippen molar-refractivity contribution < 1.29 is 4.79 Å². The van der Waals surface area contributed by atoms with Gasteiger partial charge >= 0.3 is 120 Å². The number of para-hydroxylation sites is 1. The molecule has 0 aliphatic carbocycles. The zero-order chi connectivity index (χ0) is 13.7. The molecule has 2 aromatic rings. The number of carbonyl (C=O) groups is 1. The van der Waals surface area contributed by atoms with Gasteiger partial charge in [0, 0.05) is 0 Å². The molecular formula is C15H13N2OSe. The Morgan fingerprint density at radius 1 is 1.00 bits per heavy atom. The van der Waals surface area contributed by atoms with Gasteiger partial charge in [-0.2, -0.15) is 0 Å². The van der Waals surface area contributed by atoms with Crippen molar-refractivity contribution in [1.82, 2.24) is 0 Å². The summed E-state index contributed by atoms with van der Waals surface area (Å²) in [6, 6.07) is 18.8. The van der Waals surface area contributed by atoms with E-state index in [9.17, 15) is 4.79 Å². The standard InChI is InChI=1S/C15H13N2OSe/c1-17(13-10-6-3-7-11-13)15(19)16-14(18)12-8-4-2-5-9-12/h2-11H,1H3. The summed E-state index contributed by atoms with van der Waals surface area (Å²) in [5.74, 6) is -0.253. The molecular weight excluding hydrogens is 303 g/mol. The second-order valence-corrected chi connectivity index (χ2v) is 4.73. The summed E-state index contributed by atoms with van der Waals surface area (Å²) in [4.78, 5) is 17.9. The van der Waals surface area contributed by atoms with Crippen LogP contribution in [0.1, 0.15) is 10.4 Å². The van der Waals surface area contributed by atoms with Crippen molar-refractivity contribution in [2.75, 3.05) is 11.9 Å². The molecule has 2 rings (SSSR count). The van der Waals surface area contributed by atoms with E-state index in [1.165, 1.54) is 0 Å². The minimum atomic E-state index is -0.253. The number of benzene rings is 2. The van der Waals surface area contributed by atoms with Crippen LogP contribution >= 0.6 is 0 Å². The van der Waals surface area contributed by atoms with Gasteiger partial charge in [-0.15, -0.1) is 0 Å². The summed E-state index contributed by atoms with van der Waals surface area (Å²) >= 11 is 2.83. The Morgan fingerprint density at radius 2 is 1.53 bits per heavy atom. The first-order chi connectivity index (χ1) is 9.18. The first-order valence-corrected chi connectivity index (χ1v) is 6.68. The molecule has 0 aromatic heterocycles. The van der Waals surface area contributed by atoms with E-state index in [-0.39, 0.29) is 5.91 Å². The quantitative estimate of drug-likeness (QED) is 0.484. The van der Waals surface area contributed by atoms with Crippen molar-refractivity contribution >= 4 is 32.3 Å². The number of nitrogens with zero attached hydrogens (tertiary/aromatic N) is 2. The second-order valence-electron chi connectivity index (χ2n) is 3.96. The summed E-state index contributed by atoms with van der Waals surface area (Å²) in [6.07, 6.45) is 0. The van der Waals surface area contributed by atoms with E-state index in [4.69, 9.17) is 0 Å². The predicted molar refractivity (Wildman–Crippen MR) is 78.8 cm³/mol. The van der Waals surface area contributed by atoms with Crippen LogP contribution in [0, 0.1) is 0 Å². The van der Waals surface area contributed by atoms with E-state index in [1.54, 1.807) is 12.1 Å². The Balaban J connectivity index is 2.18. The number of amides is 1. The number of aliphatic imine (C=N–C) groups is 1. The molecule has 95 valence electrons. The van der Waals surface area contributed by atoms with E-state index < -0.39 is 0 Å². The summed E-state index contributed by atoms with van der Waals surface area (Å²) < 4.78 is 0.542. The molecule has 4 heteroatoms. The molecule has 1 amide bonds. The fourth-order valence-electron chi connectivity index (χ4n) is 1.57. The molecule has 1 radical (unpaired) electrons. The minimum absolute atomic E-state index is 0.253. The maximum atomic E-state index is 12.0. The Labute approximate surface area is 120 Å². The summed E-state index contributed by atoms with van der Waals surface area (Å²) in [5.41, 5.74) is 1.55. The van der Waals surface area contributed by atoms with Crippen molar-refractivity contribution in [2.24, 2.45) is 4.99 Å². The normalized spacial score (nSPS) is 11.1.